The molecular weight excluding hydrogens is 298 g/mol. The van der Waals surface area contributed by atoms with Crippen molar-refractivity contribution in [3.8, 4) is 17.5 Å². The second-order valence-corrected chi connectivity index (χ2v) is 4.30. The smallest absolute Gasteiger partial charge is 0.318 e. The summed E-state index contributed by atoms with van der Waals surface area (Å²) >= 11 is 5.57. The predicted octanol–water partition coefficient (Wildman–Crippen LogP) is 3.77. The van der Waals surface area contributed by atoms with Gasteiger partial charge in [0.1, 0.15) is 16.8 Å². The van der Waals surface area contributed by atoms with Crippen molar-refractivity contribution in [2.45, 2.75) is 6.18 Å². The number of imidazole rings is 1. The number of alkyl halides is 3. The maximum atomic E-state index is 13.8. The van der Waals surface area contributed by atoms with Gasteiger partial charge in [0.2, 0.25) is 0 Å². The summed E-state index contributed by atoms with van der Waals surface area (Å²) in [5.74, 6) is -1.10. The third-order valence-corrected chi connectivity index (χ3v) is 3.07. The third-order valence-electron chi connectivity index (χ3n) is 2.63. The van der Waals surface area contributed by atoms with Crippen molar-refractivity contribution in [2.75, 3.05) is 0 Å². The van der Waals surface area contributed by atoms with Crippen molar-refractivity contribution in [3.63, 3.8) is 0 Å². The molecule has 1 heterocycles. The summed E-state index contributed by atoms with van der Waals surface area (Å²) in [5, 5.41) is 8.00. The highest BCUT2D eigenvalue weighted by Crippen LogP contribution is 2.36. The van der Waals surface area contributed by atoms with Crippen molar-refractivity contribution < 1.29 is 17.6 Å². The summed E-state index contributed by atoms with van der Waals surface area (Å²) in [6.45, 7) is 0. The topological polar surface area (TPSA) is 41.6 Å². The Balaban J connectivity index is 2.63. The van der Waals surface area contributed by atoms with E-state index in [4.69, 9.17) is 16.9 Å². The van der Waals surface area contributed by atoms with Crippen molar-refractivity contribution in [2.24, 2.45) is 7.05 Å². The number of rotatable bonds is 1. The Morgan fingerprint density at radius 2 is 2.00 bits per heavy atom. The summed E-state index contributed by atoms with van der Waals surface area (Å²) in [6.07, 6.45) is -4.73. The molecule has 1 aromatic carbocycles. The Bertz CT molecular complexity index is 713. The molecular formula is C12H6ClF4N3. The highest BCUT2D eigenvalue weighted by molar-refractivity contribution is 6.30. The van der Waals surface area contributed by atoms with Crippen LogP contribution in [0.2, 0.25) is 5.15 Å². The van der Waals surface area contributed by atoms with E-state index >= 15 is 0 Å². The molecule has 0 amide bonds. The van der Waals surface area contributed by atoms with Crippen LogP contribution in [-0.4, -0.2) is 9.55 Å². The third kappa shape index (κ3) is 2.34. The van der Waals surface area contributed by atoms with Crippen LogP contribution < -0.4 is 0 Å². The molecule has 3 nitrogen and oxygen atoms in total. The van der Waals surface area contributed by atoms with E-state index in [1.54, 1.807) is 6.07 Å². The molecule has 20 heavy (non-hydrogen) atoms. The molecule has 0 bridgehead atoms. The first-order valence-electron chi connectivity index (χ1n) is 5.25. The molecule has 1 aromatic heterocycles. The Labute approximate surface area is 116 Å². The molecule has 104 valence electrons. The van der Waals surface area contributed by atoms with E-state index in [9.17, 15) is 17.6 Å². The molecule has 0 radical (unpaired) electrons. The Morgan fingerprint density at radius 3 is 2.45 bits per heavy atom. The van der Waals surface area contributed by atoms with Crippen LogP contribution in [0.1, 0.15) is 11.3 Å². The highest BCUT2D eigenvalue weighted by Gasteiger charge is 2.38. The van der Waals surface area contributed by atoms with E-state index in [0.29, 0.717) is 0 Å². The summed E-state index contributed by atoms with van der Waals surface area (Å²) in [6, 6.07) is 5.12. The SMILES string of the molecule is Cn1c(-c2ccc(C#N)cc2F)nc(C(F)(F)F)c1Cl. The maximum Gasteiger partial charge on any atom is 0.436 e. The van der Waals surface area contributed by atoms with E-state index < -0.39 is 22.8 Å². The van der Waals surface area contributed by atoms with E-state index in [2.05, 4.69) is 4.98 Å². The number of benzene rings is 1. The lowest BCUT2D eigenvalue weighted by Gasteiger charge is -2.04. The fourth-order valence-corrected chi connectivity index (χ4v) is 1.90. The van der Waals surface area contributed by atoms with Gasteiger partial charge in [0.05, 0.1) is 17.2 Å². The van der Waals surface area contributed by atoms with Gasteiger partial charge in [0.25, 0.3) is 0 Å². The lowest BCUT2D eigenvalue weighted by molar-refractivity contribution is -0.140. The summed E-state index contributed by atoms with van der Waals surface area (Å²) in [4.78, 5) is 3.35. The number of nitriles is 1. The van der Waals surface area contributed by atoms with Crippen LogP contribution in [0.5, 0.6) is 0 Å². The van der Waals surface area contributed by atoms with Gasteiger partial charge in [0.15, 0.2) is 5.69 Å². The van der Waals surface area contributed by atoms with Crippen LogP contribution >= 0.6 is 11.6 Å². The molecule has 0 aliphatic carbocycles. The standard InChI is InChI=1S/C12H6ClF4N3/c1-20-10(13)9(12(15,16)17)19-11(20)7-3-2-6(5-18)4-8(7)14/h2-4H,1H3. The fourth-order valence-electron chi connectivity index (χ4n) is 1.67. The predicted molar refractivity (Wildman–Crippen MR) is 63.3 cm³/mol. The molecule has 0 fully saturated rings. The van der Waals surface area contributed by atoms with Gasteiger partial charge in [0, 0.05) is 7.05 Å². The number of hydrogen-bond donors (Lipinski definition) is 0. The highest BCUT2D eigenvalue weighted by atomic mass is 35.5. The van der Waals surface area contributed by atoms with Crippen LogP contribution in [0.4, 0.5) is 17.6 Å². The Morgan fingerprint density at radius 1 is 1.35 bits per heavy atom. The summed E-state index contributed by atoms with van der Waals surface area (Å²) in [7, 11) is 1.25. The van der Waals surface area contributed by atoms with Crippen LogP contribution in [-0.2, 0) is 13.2 Å². The van der Waals surface area contributed by atoms with Crippen molar-refractivity contribution in [3.05, 3.63) is 40.4 Å². The fraction of sp³-hybridized carbons (Fsp3) is 0.167. The largest absolute Gasteiger partial charge is 0.436 e. The molecule has 2 aromatic rings. The molecule has 0 saturated carbocycles. The van der Waals surface area contributed by atoms with Gasteiger partial charge in [-0.25, -0.2) is 9.37 Å². The Kier molecular flexibility index (Phi) is 3.44. The first kappa shape index (κ1) is 14.3. The second kappa shape index (κ2) is 4.80. The minimum Gasteiger partial charge on any atom is -0.318 e. The van der Waals surface area contributed by atoms with Crippen molar-refractivity contribution >= 4 is 11.6 Å². The molecule has 0 unspecified atom stereocenters. The maximum absolute atomic E-state index is 13.8. The summed E-state index contributed by atoms with van der Waals surface area (Å²) < 4.78 is 52.8. The number of aromatic nitrogens is 2. The molecule has 0 saturated heterocycles. The molecule has 0 N–H and O–H groups in total. The van der Waals surface area contributed by atoms with E-state index in [-0.39, 0.29) is 17.0 Å². The minimum atomic E-state index is -4.73. The monoisotopic (exact) mass is 303 g/mol. The van der Waals surface area contributed by atoms with E-state index in [1.807, 2.05) is 0 Å². The molecule has 8 heteroatoms. The number of hydrogen-bond acceptors (Lipinski definition) is 2. The van der Waals surface area contributed by atoms with Gasteiger partial charge in [-0.3, -0.25) is 0 Å². The number of halogens is 5. The zero-order valence-corrected chi connectivity index (χ0v) is 10.7. The van der Waals surface area contributed by atoms with Crippen molar-refractivity contribution in [1.82, 2.24) is 9.55 Å². The number of nitrogens with zero attached hydrogens (tertiary/aromatic N) is 3. The normalized spacial score (nSPS) is 11.4. The molecule has 0 atom stereocenters. The van der Waals surface area contributed by atoms with Crippen LogP contribution in [0.15, 0.2) is 18.2 Å². The lowest BCUT2D eigenvalue weighted by Crippen LogP contribution is -2.06. The van der Waals surface area contributed by atoms with Gasteiger partial charge in [-0.1, -0.05) is 11.6 Å². The van der Waals surface area contributed by atoms with Gasteiger partial charge in [-0.05, 0) is 18.2 Å². The van der Waals surface area contributed by atoms with Crippen LogP contribution in [0.3, 0.4) is 0 Å². The van der Waals surface area contributed by atoms with Gasteiger partial charge < -0.3 is 4.57 Å². The zero-order valence-electron chi connectivity index (χ0n) is 9.96. The van der Waals surface area contributed by atoms with E-state index in [0.717, 1.165) is 10.6 Å². The van der Waals surface area contributed by atoms with Gasteiger partial charge in [-0.15, -0.1) is 0 Å². The molecule has 0 aliphatic heterocycles. The van der Waals surface area contributed by atoms with Crippen molar-refractivity contribution in [1.29, 1.82) is 5.26 Å². The Hall–Kier alpha value is -2.07. The summed E-state index contributed by atoms with van der Waals surface area (Å²) in [5.41, 5.74) is -1.38. The average molecular weight is 304 g/mol. The van der Waals surface area contributed by atoms with Gasteiger partial charge in [-0.2, -0.15) is 18.4 Å². The van der Waals surface area contributed by atoms with Crippen LogP contribution in [0, 0.1) is 17.1 Å². The quantitative estimate of drug-likeness (QED) is 0.753. The first-order chi connectivity index (χ1) is 9.25. The first-order valence-corrected chi connectivity index (χ1v) is 5.63. The average Bonchev–Trinajstić information content (AvgIpc) is 2.66. The molecule has 2 rings (SSSR count). The molecule has 0 spiro atoms. The minimum absolute atomic E-state index is 0.0580. The zero-order chi connectivity index (χ0) is 15.1. The van der Waals surface area contributed by atoms with Crippen LogP contribution in [0.25, 0.3) is 11.4 Å². The van der Waals surface area contributed by atoms with Gasteiger partial charge >= 0.3 is 6.18 Å². The second-order valence-electron chi connectivity index (χ2n) is 3.94. The lowest BCUT2D eigenvalue weighted by atomic mass is 10.1. The van der Waals surface area contributed by atoms with E-state index in [1.165, 1.54) is 19.2 Å². The molecule has 0 aliphatic rings.